The Bertz CT molecular complexity index is 1240. The van der Waals surface area contributed by atoms with Gasteiger partial charge in [-0.25, -0.2) is 0 Å². The summed E-state index contributed by atoms with van der Waals surface area (Å²) in [5.41, 5.74) is 1.10. The predicted octanol–water partition coefficient (Wildman–Crippen LogP) is 2.81. The second-order valence-electron chi connectivity index (χ2n) is 10.1. The number of hydrogen-bond donors (Lipinski definition) is 1. The summed E-state index contributed by atoms with van der Waals surface area (Å²) in [6, 6.07) is 3.06. The van der Waals surface area contributed by atoms with Crippen molar-refractivity contribution in [2.45, 2.75) is 41.9 Å². The fourth-order valence-corrected chi connectivity index (χ4v) is 7.73. The molecule has 2 saturated heterocycles. The van der Waals surface area contributed by atoms with Crippen LogP contribution in [0.4, 0.5) is 0 Å². The molecule has 1 aromatic carbocycles. The number of allylic oxidation sites excluding steroid dienone is 2. The average molecular weight is 551 g/mol. The zero-order chi connectivity index (χ0) is 27.0. The summed E-state index contributed by atoms with van der Waals surface area (Å²) in [6.07, 6.45) is 2.71. The van der Waals surface area contributed by atoms with Gasteiger partial charge in [-0.05, 0) is 42.9 Å². The summed E-state index contributed by atoms with van der Waals surface area (Å²) in [5, 5.41) is 10.5. The molecule has 9 nitrogen and oxygen atoms in total. The Balaban J connectivity index is 1.75. The third kappa shape index (κ3) is 3.16. The minimum Gasteiger partial charge on any atom is -0.502 e. The van der Waals surface area contributed by atoms with Crippen LogP contribution in [0.1, 0.15) is 37.7 Å². The molecule has 6 atom stereocenters. The van der Waals surface area contributed by atoms with E-state index >= 15 is 0 Å². The van der Waals surface area contributed by atoms with Crippen LogP contribution in [0.2, 0.25) is 0 Å². The SMILES string of the molecule is CCCN1C(=O)[C@H]2[C@H](CC=C3[C@H]2C[C@@]2(Cl)C(=O)N(C)C(=O)[C@@]2(Cl)[C@H]3c2cc(OC)c(O)c(OC)c2)C1=O. The summed E-state index contributed by atoms with van der Waals surface area (Å²) in [7, 11) is 4.08. The van der Waals surface area contributed by atoms with Crippen LogP contribution in [0, 0.1) is 17.8 Å². The number of carbonyl (C=O) groups excluding carboxylic acids is 4. The Morgan fingerprint density at radius 1 is 1.03 bits per heavy atom. The van der Waals surface area contributed by atoms with Gasteiger partial charge in [0, 0.05) is 19.5 Å². The van der Waals surface area contributed by atoms with E-state index in [1.807, 2.05) is 13.0 Å². The summed E-state index contributed by atoms with van der Waals surface area (Å²) in [6.45, 7) is 2.21. The van der Waals surface area contributed by atoms with Crippen molar-refractivity contribution < 1.29 is 33.8 Å². The highest BCUT2D eigenvalue weighted by molar-refractivity contribution is 6.53. The van der Waals surface area contributed by atoms with E-state index in [1.165, 1.54) is 38.3 Å². The van der Waals surface area contributed by atoms with Crippen LogP contribution in [0.25, 0.3) is 0 Å². The minimum absolute atomic E-state index is 0.0677. The number of imide groups is 2. The van der Waals surface area contributed by atoms with Gasteiger partial charge in [0.25, 0.3) is 11.8 Å². The minimum atomic E-state index is -1.92. The standard InChI is InChI=1S/C26H28Cl2N2O7/c1-5-8-30-21(32)14-7-6-13-15(18(14)22(30)33)11-25(27)23(34)29(2)24(35)26(25,28)19(13)12-9-16(36-3)20(31)17(10-12)37-4/h6,9-10,14-15,18-19,31H,5,7-8,11H2,1-4H3/t14-,15+,18-,19-,25+,26-/m0/s1. The molecule has 198 valence electrons. The molecule has 11 heteroatoms. The molecule has 0 spiro atoms. The van der Waals surface area contributed by atoms with Crippen molar-refractivity contribution in [3.05, 3.63) is 29.3 Å². The number of benzene rings is 1. The Morgan fingerprint density at radius 2 is 1.65 bits per heavy atom. The van der Waals surface area contributed by atoms with E-state index in [4.69, 9.17) is 32.7 Å². The van der Waals surface area contributed by atoms with Crippen LogP contribution in [-0.4, -0.2) is 76.1 Å². The molecule has 1 saturated carbocycles. The first-order valence-electron chi connectivity index (χ1n) is 12.2. The molecule has 4 aliphatic rings. The van der Waals surface area contributed by atoms with E-state index in [2.05, 4.69) is 0 Å². The molecule has 0 unspecified atom stereocenters. The number of phenolic OH excluding ortho intramolecular Hbond substituents is 1. The van der Waals surface area contributed by atoms with Gasteiger partial charge in [-0.15, -0.1) is 23.2 Å². The number of hydrogen-bond acceptors (Lipinski definition) is 7. The first kappa shape index (κ1) is 25.9. The third-order valence-electron chi connectivity index (χ3n) is 8.39. The van der Waals surface area contributed by atoms with Crippen LogP contribution >= 0.6 is 23.2 Å². The summed E-state index contributed by atoms with van der Waals surface area (Å²) in [4.78, 5) is 52.2. The monoisotopic (exact) mass is 550 g/mol. The third-order valence-corrected chi connectivity index (χ3v) is 9.80. The van der Waals surface area contributed by atoms with Crippen molar-refractivity contribution in [1.82, 2.24) is 9.80 Å². The first-order valence-corrected chi connectivity index (χ1v) is 12.9. The lowest BCUT2D eigenvalue weighted by molar-refractivity contribution is -0.141. The van der Waals surface area contributed by atoms with E-state index < -0.39 is 45.2 Å². The molecule has 5 rings (SSSR count). The summed E-state index contributed by atoms with van der Waals surface area (Å²) >= 11 is 14.3. The lowest BCUT2D eigenvalue weighted by Crippen LogP contribution is -2.60. The van der Waals surface area contributed by atoms with Gasteiger partial charge in [0.2, 0.25) is 17.6 Å². The second-order valence-corrected chi connectivity index (χ2v) is 11.3. The van der Waals surface area contributed by atoms with Crippen molar-refractivity contribution in [3.8, 4) is 17.2 Å². The number of alkyl halides is 2. The maximum Gasteiger partial charge on any atom is 0.253 e. The Hall–Kier alpha value is -2.78. The van der Waals surface area contributed by atoms with Crippen molar-refractivity contribution in [1.29, 1.82) is 0 Å². The predicted molar refractivity (Wildman–Crippen MR) is 134 cm³/mol. The number of likely N-dealkylation sites (tertiary alicyclic amines) is 2. The Kier molecular flexibility index (Phi) is 6.03. The number of amides is 4. The largest absolute Gasteiger partial charge is 0.502 e. The highest BCUT2D eigenvalue weighted by atomic mass is 35.5. The van der Waals surface area contributed by atoms with Crippen molar-refractivity contribution >= 4 is 46.8 Å². The molecule has 3 fully saturated rings. The van der Waals surface area contributed by atoms with Crippen molar-refractivity contribution in [3.63, 3.8) is 0 Å². The highest BCUT2D eigenvalue weighted by Gasteiger charge is 2.75. The van der Waals surface area contributed by atoms with E-state index in [-0.39, 0.29) is 35.5 Å². The number of ether oxygens (including phenoxy) is 2. The van der Waals surface area contributed by atoms with E-state index in [9.17, 15) is 24.3 Å². The van der Waals surface area contributed by atoms with Gasteiger partial charge in [-0.1, -0.05) is 18.6 Å². The van der Waals surface area contributed by atoms with Crippen molar-refractivity contribution in [2.75, 3.05) is 27.8 Å². The smallest absolute Gasteiger partial charge is 0.253 e. The number of halogens is 2. The molecule has 0 radical (unpaired) electrons. The molecule has 4 amide bonds. The molecular weight excluding hydrogens is 523 g/mol. The number of fused-ring (bicyclic) bond motifs is 4. The highest BCUT2D eigenvalue weighted by Crippen LogP contribution is 2.65. The van der Waals surface area contributed by atoms with E-state index in [0.29, 0.717) is 30.5 Å². The molecule has 0 bridgehead atoms. The van der Waals surface area contributed by atoms with Crippen molar-refractivity contribution in [2.24, 2.45) is 17.8 Å². The zero-order valence-corrected chi connectivity index (χ0v) is 22.4. The maximum absolute atomic E-state index is 13.6. The number of carbonyl (C=O) groups is 4. The van der Waals surface area contributed by atoms with Gasteiger partial charge >= 0.3 is 0 Å². The number of methoxy groups -OCH3 is 2. The van der Waals surface area contributed by atoms with Gasteiger partial charge in [0.15, 0.2) is 21.2 Å². The Morgan fingerprint density at radius 3 is 2.22 bits per heavy atom. The lowest BCUT2D eigenvalue weighted by atomic mass is 9.56. The molecule has 0 aromatic heterocycles. The average Bonchev–Trinajstić information content (AvgIpc) is 3.19. The fraction of sp³-hybridized carbons (Fsp3) is 0.538. The normalized spacial score (nSPS) is 34.8. The molecule has 2 heterocycles. The maximum atomic E-state index is 13.6. The molecule has 37 heavy (non-hydrogen) atoms. The van der Waals surface area contributed by atoms with Gasteiger partial charge in [-0.2, -0.15) is 0 Å². The first-order chi connectivity index (χ1) is 17.5. The van der Waals surface area contributed by atoms with Gasteiger partial charge < -0.3 is 14.6 Å². The van der Waals surface area contributed by atoms with Crippen LogP contribution in [0.3, 0.4) is 0 Å². The van der Waals surface area contributed by atoms with Gasteiger partial charge in [0.05, 0.1) is 26.1 Å². The number of aromatic hydroxyl groups is 1. The quantitative estimate of drug-likeness (QED) is 0.340. The molecule has 2 aliphatic carbocycles. The Labute approximate surface area is 224 Å². The molecule has 2 aliphatic heterocycles. The molecular formula is C26H28Cl2N2O7. The van der Waals surface area contributed by atoms with E-state index in [0.717, 1.165) is 4.90 Å². The van der Waals surface area contributed by atoms with Gasteiger partial charge in [0.1, 0.15) is 0 Å². The zero-order valence-electron chi connectivity index (χ0n) is 20.9. The second kappa shape index (κ2) is 8.63. The lowest BCUT2D eigenvalue weighted by Gasteiger charge is -2.50. The molecule has 1 aromatic rings. The van der Waals surface area contributed by atoms with E-state index in [1.54, 1.807) is 0 Å². The number of phenols is 1. The number of nitrogens with zero attached hydrogens (tertiary/aromatic N) is 2. The van der Waals surface area contributed by atoms with Crippen LogP contribution in [0.5, 0.6) is 17.2 Å². The molecule has 1 N–H and O–H groups in total. The van der Waals surface area contributed by atoms with Crippen LogP contribution in [-0.2, 0) is 19.2 Å². The number of rotatable bonds is 5. The topological polar surface area (TPSA) is 113 Å². The van der Waals surface area contributed by atoms with Crippen LogP contribution < -0.4 is 9.47 Å². The fourth-order valence-electron chi connectivity index (χ4n) is 6.71. The summed E-state index contributed by atoms with van der Waals surface area (Å²) in [5.74, 6) is -4.74. The van der Waals surface area contributed by atoms with Gasteiger partial charge in [-0.3, -0.25) is 29.0 Å². The summed E-state index contributed by atoms with van der Waals surface area (Å²) < 4.78 is 10.7. The van der Waals surface area contributed by atoms with Crippen LogP contribution in [0.15, 0.2) is 23.8 Å².